The van der Waals surface area contributed by atoms with Gasteiger partial charge >= 0.3 is 0 Å². The average molecular weight is 264 g/mol. The number of aromatic amines is 1. The van der Waals surface area contributed by atoms with Crippen LogP contribution in [0, 0.1) is 6.92 Å². The minimum atomic E-state index is -0.522. The molecule has 1 amide bonds. The number of aryl methyl sites for hydroxylation is 1. The van der Waals surface area contributed by atoms with Crippen LogP contribution in [0.25, 0.3) is 0 Å². The summed E-state index contributed by atoms with van der Waals surface area (Å²) in [6.07, 6.45) is 1.37. The van der Waals surface area contributed by atoms with Crippen LogP contribution in [0.3, 0.4) is 0 Å². The first-order chi connectivity index (χ1) is 8.56. The largest absolute Gasteiger partial charge is 0.364 e. The second kappa shape index (κ2) is 5.01. The van der Waals surface area contributed by atoms with Crippen LogP contribution >= 0.6 is 11.6 Å². The van der Waals surface area contributed by atoms with Crippen molar-refractivity contribution in [2.45, 2.75) is 6.92 Å². The lowest BCUT2D eigenvalue weighted by molar-refractivity contribution is 0.102. The monoisotopic (exact) mass is 263 g/mol. The minimum Gasteiger partial charge on any atom is -0.364 e. The molecule has 0 spiro atoms. The van der Waals surface area contributed by atoms with Gasteiger partial charge in [0.2, 0.25) is 0 Å². The summed E-state index contributed by atoms with van der Waals surface area (Å²) in [6.45, 7) is 1.74. The number of aromatic nitrogens is 2. The molecule has 2 aromatic heterocycles. The molecule has 0 aliphatic rings. The predicted octanol–water partition coefficient (Wildman–Crippen LogP) is 1.98. The van der Waals surface area contributed by atoms with Crippen LogP contribution in [0.2, 0.25) is 5.15 Å². The van der Waals surface area contributed by atoms with E-state index in [0.29, 0.717) is 11.5 Å². The predicted molar refractivity (Wildman–Crippen MR) is 69.0 cm³/mol. The topological polar surface area (TPSA) is 74.8 Å². The van der Waals surface area contributed by atoms with Crippen LogP contribution in [0.1, 0.15) is 16.1 Å². The van der Waals surface area contributed by atoms with E-state index in [0.717, 1.165) is 0 Å². The van der Waals surface area contributed by atoms with Gasteiger partial charge in [0.15, 0.2) is 5.43 Å². The molecule has 92 valence electrons. The van der Waals surface area contributed by atoms with Gasteiger partial charge in [-0.3, -0.25) is 9.59 Å². The van der Waals surface area contributed by atoms with Crippen LogP contribution in [0.4, 0.5) is 5.82 Å². The smallest absolute Gasteiger partial charge is 0.262 e. The SMILES string of the molecule is Cc1cc(=O)c(C(=O)Nc2cccc(Cl)n2)c[nH]1. The van der Waals surface area contributed by atoms with Crippen molar-refractivity contribution in [2.24, 2.45) is 0 Å². The number of H-pyrrole nitrogens is 1. The van der Waals surface area contributed by atoms with Gasteiger partial charge < -0.3 is 10.3 Å². The van der Waals surface area contributed by atoms with E-state index >= 15 is 0 Å². The first-order valence-corrected chi connectivity index (χ1v) is 5.57. The molecule has 0 radical (unpaired) electrons. The standard InChI is InChI=1S/C12H10ClN3O2/c1-7-5-9(17)8(6-14-7)12(18)16-11-4-2-3-10(13)15-11/h2-6H,1H3,(H,14,17)(H,15,16,18). The van der Waals surface area contributed by atoms with Gasteiger partial charge in [0.05, 0.1) is 0 Å². The molecule has 0 saturated heterocycles. The molecule has 0 bridgehead atoms. The molecule has 5 nitrogen and oxygen atoms in total. The molecule has 2 aromatic rings. The second-order valence-corrected chi connectivity index (χ2v) is 4.08. The number of hydrogen-bond donors (Lipinski definition) is 2. The number of anilines is 1. The Morgan fingerprint density at radius 1 is 1.44 bits per heavy atom. The van der Waals surface area contributed by atoms with Crippen molar-refractivity contribution in [2.75, 3.05) is 5.32 Å². The summed E-state index contributed by atoms with van der Waals surface area (Å²) >= 11 is 5.70. The van der Waals surface area contributed by atoms with E-state index in [1.54, 1.807) is 25.1 Å². The van der Waals surface area contributed by atoms with E-state index < -0.39 is 5.91 Å². The summed E-state index contributed by atoms with van der Waals surface area (Å²) in [7, 11) is 0. The highest BCUT2D eigenvalue weighted by Crippen LogP contribution is 2.09. The Morgan fingerprint density at radius 3 is 2.89 bits per heavy atom. The Labute approximate surface area is 108 Å². The van der Waals surface area contributed by atoms with Gasteiger partial charge in [0.1, 0.15) is 16.5 Å². The fraction of sp³-hybridized carbons (Fsp3) is 0.0833. The molecule has 0 saturated carbocycles. The highest BCUT2D eigenvalue weighted by molar-refractivity contribution is 6.29. The fourth-order valence-electron chi connectivity index (χ4n) is 1.41. The third-order valence-corrected chi connectivity index (χ3v) is 2.47. The summed E-state index contributed by atoms with van der Waals surface area (Å²) in [4.78, 5) is 30.2. The number of halogens is 1. The maximum absolute atomic E-state index is 11.8. The zero-order chi connectivity index (χ0) is 13.1. The molecule has 2 heterocycles. The number of hydrogen-bond acceptors (Lipinski definition) is 3. The summed E-state index contributed by atoms with van der Waals surface area (Å²) < 4.78 is 0. The Balaban J connectivity index is 2.25. The number of rotatable bonds is 2. The van der Waals surface area contributed by atoms with Crippen molar-refractivity contribution >= 4 is 23.3 Å². The maximum Gasteiger partial charge on any atom is 0.262 e. The maximum atomic E-state index is 11.8. The zero-order valence-corrected chi connectivity index (χ0v) is 10.3. The van der Waals surface area contributed by atoms with Crippen LogP contribution in [0.15, 0.2) is 35.3 Å². The number of carbonyl (C=O) groups is 1. The van der Waals surface area contributed by atoms with Crippen LogP contribution in [-0.4, -0.2) is 15.9 Å². The third-order valence-electron chi connectivity index (χ3n) is 2.26. The summed E-state index contributed by atoms with van der Waals surface area (Å²) in [5.74, 6) is -0.224. The lowest BCUT2D eigenvalue weighted by atomic mass is 10.2. The van der Waals surface area contributed by atoms with Gasteiger partial charge in [-0.15, -0.1) is 0 Å². The van der Waals surface area contributed by atoms with Gasteiger partial charge in [-0.05, 0) is 19.1 Å². The molecule has 18 heavy (non-hydrogen) atoms. The molecule has 0 fully saturated rings. The highest BCUT2D eigenvalue weighted by Gasteiger charge is 2.11. The molecule has 2 rings (SSSR count). The van der Waals surface area contributed by atoms with Crippen molar-refractivity contribution in [3.63, 3.8) is 0 Å². The lowest BCUT2D eigenvalue weighted by Crippen LogP contribution is -2.22. The van der Waals surface area contributed by atoms with Gasteiger partial charge in [0, 0.05) is 18.0 Å². The number of amides is 1. The van der Waals surface area contributed by atoms with Gasteiger partial charge in [-0.25, -0.2) is 4.98 Å². The summed E-state index contributed by atoms with van der Waals surface area (Å²) in [5.41, 5.74) is 0.380. The minimum absolute atomic E-state index is 0.0300. The second-order valence-electron chi connectivity index (χ2n) is 3.69. The molecule has 0 aliphatic carbocycles. The van der Waals surface area contributed by atoms with E-state index in [-0.39, 0.29) is 16.1 Å². The van der Waals surface area contributed by atoms with Crippen molar-refractivity contribution in [1.29, 1.82) is 0 Å². The van der Waals surface area contributed by atoms with E-state index in [4.69, 9.17) is 11.6 Å². The van der Waals surface area contributed by atoms with E-state index in [1.807, 2.05) is 0 Å². The lowest BCUT2D eigenvalue weighted by Gasteiger charge is -2.04. The van der Waals surface area contributed by atoms with Crippen molar-refractivity contribution in [3.8, 4) is 0 Å². The first-order valence-electron chi connectivity index (χ1n) is 5.19. The highest BCUT2D eigenvalue weighted by atomic mass is 35.5. The molecular weight excluding hydrogens is 254 g/mol. The van der Waals surface area contributed by atoms with E-state index in [2.05, 4.69) is 15.3 Å². The van der Waals surface area contributed by atoms with Crippen LogP contribution < -0.4 is 10.7 Å². The molecule has 0 aromatic carbocycles. The van der Waals surface area contributed by atoms with E-state index in [9.17, 15) is 9.59 Å². The molecule has 0 unspecified atom stereocenters. The molecular formula is C12H10ClN3O2. The van der Waals surface area contributed by atoms with Gasteiger partial charge in [-0.2, -0.15) is 0 Å². The molecule has 2 N–H and O–H groups in total. The normalized spacial score (nSPS) is 10.1. The first kappa shape index (κ1) is 12.3. The Morgan fingerprint density at radius 2 is 2.22 bits per heavy atom. The van der Waals surface area contributed by atoms with Crippen molar-refractivity contribution in [3.05, 3.63) is 57.1 Å². The number of nitrogens with zero attached hydrogens (tertiary/aromatic N) is 1. The Hall–Kier alpha value is -2.14. The van der Waals surface area contributed by atoms with Crippen LogP contribution in [-0.2, 0) is 0 Å². The van der Waals surface area contributed by atoms with Crippen molar-refractivity contribution < 1.29 is 4.79 Å². The van der Waals surface area contributed by atoms with Gasteiger partial charge in [-0.1, -0.05) is 17.7 Å². The quantitative estimate of drug-likeness (QED) is 0.814. The summed E-state index contributed by atoms with van der Waals surface area (Å²) in [5, 5.41) is 2.77. The number of carbonyl (C=O) groups excluding carboxylic acids is 1. The Kier molecular flexibility index (Phi) is 3.43. The average Bonchev–Trinajstić information content (AvgIpc) is 2.28. The molecule has 6 heteroatoms. The van der Waals surface area contributed by atoms with E-state index in [1.165, 1.54) is 12.3 Å². The van der Waals surface area contributed by atoms with Crippen molar-refractivity contribution in [1.82, 2.24) is 9.97 Å². The molecule has 0 aliphatic heterocycles. The fourth-order valence-corrected chi connectivity index (χ4v) is 1.58. The number of nitrogens with one attached hydrogen (secondary N) is 2. The zero-order valence-electron chi connectivity index (χ0n) is 9.53. The number of pyridine rings is 2. The third kappa shape index (κ3) is 2.75. The Bertz CT molecular complexity index is 652. The van der Waals surface area contributed by atoms with Crippen LogP contribution in [0.5, 0.6) is 0 Å². The van der Waals surface area contributed by atoms with Gasteiger partial charge in [0.25, 0.3) is 5.91 Å². The summed E-state index contributed by atoms with van der Waals surface area (Å²) in [6, 6.07) is 6.20. The molecule has 0 atom stereocenters.